The van der Waals surface area contributed by atoms with Crippen molar-refractivity contribution in [2.24, 2.45) is 23.7 Å². The van der Waals surface area contributed by atoms with E-state index < -0.39 is 35.7 Å². The van der Waals surface area contributed by atoms with Gasteiger partial charge in [-0.05, 0) is 181 Å². The Kier molecular flexibility index (Phi) is 20.8. The number of thiophene rings is 2. The Morgan fingerprint density at radius 2 is 0.896 bits per heavy atom. The van der Waals surface area contributed by atoms with E-state index in [-0.39, 0.29) is 29.5 Å². The first kappa shape index (κ1) is 56.3. The topological polar surface area (TPSA) is 189 Å². The van der Waals surface area contributed by atoms with E-state index in [4.69, 9.17) is 42.9 Å². The van der Waals surface area contributed by atoms with E-state index in [0.717, 1.165) is 77.8 Å². The fraction of sp³-hybridized carbons (Fsp3) is 0.407. The lowest BCUT2D eigenvalue weighted by Gasteiger charge is -2.26. The van der Waals surface area contributed by atoms with E-state index in [0.29, 0.717) is 122 Å². The molecule has 18 heteroatoms. The number of carbonyl (C=O) groups is 6. The van der Waals surface area contributed by atoms with E-state index in [1.807, 2.05) is 5.38 Å². The van der Waals surface area contributed by atoms with Crippen LogP contribution in [0, 0.1) is 23.7 Å². The molecule has 2 saturated carbocycles. The molecule has 0 N–H and O–H groups in total. The highest BCUT2D eigenvalue weighted by Gasteiger charge is 2.35. The summed E-state index contributed by atoms with van der Waals surface area (Å²) in [6.07, 6.45) is 13.0. The summed E-state index contributed by atoms with van der Waals surface area (Å²) in [6, 6.07) is 21.3. The Bertz CT molecular complexity index is 2780. The number of aromatic nitrogens is 1. The molecule has 77 heavy (non-hydrogen) atoms. The maximum atomic E-state index is 13.8. The highest BCUT2D eigenvalue weighted by molar-refractivity contribution is 7.31. The van der Waals surface area contributed by atoms with Crippen molar-refractivity contribution in [3.8, 4) is 44.4 Å². The van der Waals surface area contributed by atoms with Gasteiger partial charge in [0.05, 0.1) is 55.0 Å². The average molecular weight is 1110 g/mol. The first-order valence-electron chi connectivity index (χ1n) is 26.3. The molecule has 0 radical (unpaired) electrons. The van der Waals surface area contributed by atoms with Crippen molar-refractivity contribution in [2.45, 2.75) is 103 Å². The van der Waals surface area contributed by atoms with E-state index in [1.54, 1.807) is 83.3 Å². The predicted octanol–water partition coefficient (Wildman–Crippen LogP) is 13.2. The van der Waals surface area contributed by atoms with Gasteiger partial charge in [-0.15, -0.1) is 34.0 Å². The molecule has 6 aromatic rings. The molecule has 406 valence electrons. The third kappa shape index (κ3) is 16.3. The van der Waals surface area contributed by atoms with Crippen LogP contribution in [0.1, 0.15) is 103 Å². The minimum atomic E-state index is -0.436. The van der Waals surface area contributed by atoms with Gasteiger partial charge >= 0.3 is 35.8 Å². The number of esters is 6. The molecule has 0 amide bonds. The third-order valence-corrected chi connectivity index (χ3v) is 16.9. The first-order chi connectivity index (χ1) is 37.5. The Hall–Kier alpha value is -6.89. The summed E-state index contributed by atoms with van der Waals surface area (Å²) in [5, 5.41) is 2.75. The van der Waals surface area contributed by atoms with Gasteiger partial charge in [-0.1, -0.05) is 13.2 Å². The minimum absolute atomic E-state index is 0.263. The number of nitrogens with zero attached hydrogens (tertiary/aromatic N) is 1. The lowest BCUT2D eigenvalue weighted by molar-refractivity contribution is -0.145. The van der Waals surface area contributed by atoms with Gasteiger partial charge in [-0.25, -0.2) is 14.6 Å². The Balaban J connectivity index is 0.792. The summed E-state index contributed by atoms with van der Waals surface area (Å²) in [5.41, 5.74) is 0.415. The summed E-state index contributed by atoms with van der Waals surface area (Å²) >= 11 is 4.62. The van der Waals surface area contributed by atoms with Crippen molar-refractivity contribution in [3.63, 3.8) is 0 Å². The summed E-state index contributed by atoms with van der Waals surface area (Å²) in [7, 11) is 0. The molecule has 0 spiro atoms. The van der Waals surface area contributed by atoms with E-state index in [1.165, 1.54) is 11.3 Å². The molecule has 0 bridgehead atoms. The van der Waals surface area contributed by atoms with Crippen LogP contribution in [0.3, 0.4) is 0 Å². The van der Waals surface area contributed by atoms with Crippen LogP contribution in [-0.2, 0) is 38.2 Å². The molecule has 0 atom stereocenters. The Morgan fingerprint density at radius 1 is 0.481 bits per heavy atom. The lowest BCUT2D eigenvalue weighted by Crippen LogP contribution is -2.30. The largest absolute Gasteiger partial charge is 0.494 e. The molecule has 2 aliphatic rings. The van der Waals surface area contributed by atoms with Crippen LogP contribution in [0.5, 0.6) is 34.5 Å². The molecule has 2 aliphatic carbocycles. The number of carbonyl (C=O) groups excluding carboxylic acids is 6. The molecule has 3 aromatic carbocycles. The van der Waals surface area contributed by atoms with Crippen molar-refractivity contribution in [3.05, 3.63) is 103 Å². The Morgan fingerprint density at radius 3 is 1.35 bits per heavy atom. The molecular weight excluding hydrogens is 1040 g/mol. The highest BCUT2D eigenvalue weighted by atomic mass is 32.1. The molecule has 3 heterocycles. The standard InChI is InChI=1S/C59H63NO14S3/c1-3-51(61)69-34-11-7-5-9-32-67-42-21-25-44(26-22-42)71-56(63)38-13-17-40(18-14-38)58(65)73-46-29-30-47(54-53(46)60-55(77-54)50-37-49-48(76-50)31-36-75-49)74-59(66)41-19-15-39(16-20-41)57(64)72-45-27-23-43(24-28-45)68-33-10-6-8-12-35-70-52(62)4-2/h3-4,21-31,36-41H,1-2,5-20,32-35H2. The van der Waals surface area contributed by atoms with Crippen LogP contribution in [-0.4, -0.2) is 67.2 Å². The molecule has 3 aromatic heterocycles. The zero-order valence-electron chi connectivity index (χ0n) is 42.9. The third-order valence-electron chi connectivity index (χ3n) is 13.6. The maximum absolute atomic E-state index is 13.8. The number of benzene rings is 3. The van der Waals surface area contributed by atoms with Crippen molar-refractivity contribution in [2.75, 3.05) is 26.4 Å². The lowest BCUT2D eigenvalue weighted by atomic mass is 9.82. The smallest absolute Gasteiger partial charge is 0.330 e. The van der Waals surface area contributed by atoms with E-state index in [9.17, 15) is 28.8 Å². The number of hydrogen-bond acceptors (Lipinski definition) is 18. The molecule has 0 unspecified atom stereocenters. The van der Waals surface area contributed by atoms with Crippen LogP contribution in [0.15, 0.2) is 103 Å². The molecular formula is C59H63NO14S3. The van der Waals surface area contributed by atoms with Gasteiger partial charge in [0, 0.05) is 21.6 Å². The van der Waals surface area contributed by atoms with Crippen molar-refractivity contribution >= 4 is 89.4 Å². The Labute approximate surface area is 459 Å². The number of ether oxygens (including phenoxy) is 8. The van der Waals surface area contributed by atoms with Crippen LogP contribution in [0.4, 0.5) is 0 Å². The number of fused-ring (bicyclic) bond motifs is 2. The summed E-state index contributed by atoms with van der Waals surface area (Å²) < 4.78 is 48.2. The molecule has 15 nitrogen and oxygen atoms in total. The summed E-state index contributed by atoms with van der Waals surface area (Å²) in [6.45, 7) is 8.60. The fourth-order valence-electron chi connectivity index (χ4n) is 9.18. The maximum Gasteiger partial charge on any atom is 0.330 e. The number of thiazole rings is 1. The van der Waals surface area contributed by atoms with Crippen LogP contribution in [0.2, 0.25) is 0 Å². The van der Waals surface area contributed by atoms with Gasteiger partial charge in [0.2, 0.25) is 0 Å². The van der Waals surface area contributed by atoms with Gasteiger partial charge in [0.1, 0.15) is 38.2 Å². The fourth-order valence-corrected chi connectivity index (χ4v) is 12.4. The van der Waals surface area contributed by atoms with Gasteiger partial charge in [-0.3, -0.25) is 19.2 Å². The molecule has 2 fully saturated rings. The minimum Gasteiger partial charge on any atom is -0.494 e. The highest BCUT2D eigenvalue weighted by Crippen LogP contribution is 2.45. The quantitative estimate of drug-likeness (QED) is 0.0205. The van der Waals surface area contributed by atoms with E-state index in [2.05, 4.69) is 25.3 Å². The second-order valence-electron chi connectivity index (χ2n) is 19.0. The average Bonchev–Trinajstić information content (AvgIpc) is 4.23. The van der Waals surface area contributed by atoms with Crippen LogP contribution >= 0.6 is 34.0 Å². The zero-order chi connectivity index (χ0) is 53.9. The SMILES string of the molecule is C=CC(=O)OCCCCCCOc1ccc(OC(=O)C2CCC(C(=O)Oc3ccc(OC(=O)C4CCC(C(=O)Oc5ccc(OCCCCCCOC(=O)C=C)cc5)CC4)c4sc(-c5cc6sccc6s5)nc34)CC2)cc1. The van der Waals surface area contributed by atoms with Crippen molar-refractivity contribution < 1.29 is 66.7 Å². The first-order valence-corrected chi connectivity index (χ1v) is 28.9. The van der Waals surface area contributed by atoms with Crippen LogP contribution < -0.4 is 28.4 Å². The van der Waals surface area contributed by atoms with Crippen molar-refractivity contribution in [1.82, 2.24) is 4.98 Å². The van der Waals surface area contributed by atoms with Gasteiger partial charge in [-0.2, -0.15) is 0 Å². The predicted molar refractivity (Wildman–Crippen MR) is 295 cm³/mol. The summed E-state index contributed by atoms with van der Waals surface area (Å²) in [5.74, 6) is -1.16. The van der Waals surface area contributed by atoms with Gasteiger partial charge < -0.3 is 37.9 Å². The second-order valence-corrected chi connectivity index (χ2v) is 22.0. The monoisotopic (exact) mass is 1110 g/mol. The van der Waals surface area contributed by atoms with Crippen LogP contribution in [0.25, 0.3) is 29.5 Å². The zero-order valence-corrected chi connectivity index (χ0v) is 45.4. The number of hydrogen-bond donors (Lipinski definition) is 0. The number of rotatable bonds is 27. The summed E-state index contributed by atoms with van der Waals surface area (Å²) in [4.78, 5) is 82.2. The van der Waals surface area contributed by atoms with Gasteiger partial charge in [0.15, 0.2) is 11.5 Å². The van der Waals surface area contributed by atoms with E-state index >= 15 is 0 Å². The molecule has 0 saturated heterocycles. The molecule has 0 aliphatic heterocycles. The molecule has 8 rings (SSSR count). The second kappa shape index (κ2) is 28.5. The normalized spacial score (nSPS) is 17.2. The van der Waals surface area contributed by atoms with Gasteiger partial charge in [0.25, 0.3) is 0 Å². The van der Waals surface area contributed by atoms with Crippen molar-refractivity contribution in [1.29, 1.82) is 0 Å². The number of unbranched alkanes of at least 4 members (excludes halogenated alkanes) is 6.